The number of sulfonamides is 1. The van der Waals surface area contributed by atoms with E-state index in [0.717, 1.165) is 0 Å². The van der Waals surface area contributed by atoms with Gasteiger partial charge in [-0.3, -0.25) is 10.1 Å². The molecule has 26 heavy (non-hydrogen) atoms. The Hall–Kier alpha value is -1.97. The number of piperidine rings is 1. The van der Waals surface area contributed by atoms with Gasteiger partial charge in [-0.1, -0.05) is 34.1 Å². The van der Waals surface area contributed by atoms with Gasteiger partial charge in [0.15, 0.2) is 0 Å². The fourth-order valence-electron chi connectivity index (χ4n) is 3.04. The molecular formula is C17H18BrN3O4S. The summed E-state index contributed by atoms with van der Waals surface area (Å²) >= 11 is 3.25. The van der Waals surface area contributed by atoms with Crippen LogP contribution in [0, 0.1) is 10.1 Å². The second-order valence-electron chi connectivity index (χ2n) is 6.09. The van der Waals surface area contributed by atoms with Gasteiger partial charge in [0.25, 0.3) is 5.69 Å². The maximum Gasteiger partial charge on any atom is 0.293 e. The van der Waals surface area contributed by atoms with Crippen molar-refractivity contribution < 1.29 is 13.3 Å². The van der Waals surface area contributed by atoms with Crippen LogP contribution in [0.2, 0.25) is 0 Å². The van der Waals surface area contributed by atoms with Crippen molar-refractivity contribution in [1.29, 1.82) is 0 Å². The molecule has 7 nitrogen and oxygen atoms in total. The Labute approximate surface area is 160 Å². The first-order valence-electron chi connectivity index (χ1n) is 8.13. The van der Waals surface area contributed by atoms with Crippen molar-refractivity contribution in [2.45, 2.75) is 23.8 Å². The highest BCUT2D eigenvalue weighted by atomic mass is 79.9. The van der Waals surface area contributed by atoms with Gasteiger partial charge < -0.3 is 4.90 Å². The van der Waals surface area contributed by atoms with Gasteiger partial charge in [-0.25, -0.2) is 13.1 Å². The molecule has 0 atom stereocenters. The van der Waals surface area contributed by atoms with Crippen molar-refractivity contribution in [2.75, 3.05) is 18.0 Å². The zero-order chi connectivity index (χ0) is 18.7. The van der Waals surface area contributed by atoms with E-state index in [4.69, 9.17) is 0 Å². The number of nitrogens with one attached hydrogen (secondary N) is 1. The zero-order valence-electron chi connectivity index (χ0n) is 13.8. The summed E-state index contributed by atoms with van der Waals surface area (Å²) in [5, 5.41) is 11.3. The molecule has 0 saturated carbocycles. The summed E-state index contributed by atoms with van der Waals surface area (Å²) in [6, 6.07) is 13.0. The molecule has 0 radical (unpaired) electrons. The lowest BCUT2D eigenvalue weighted by atomic mass is 10.1. The number of benzene rings is 2. The van der Waals surface area contributed by atoms with Crippen LogP contribution in [0.3, 0.4) is 0 Å². The van der Waals surface area contributed by atoms with Crippen LogP contribution in [0.25, 0.3) is 0 Å². The van der Waals surface area contributed by atoms with E-state index in [9.17, 15) is 18.5 Å². The van der Waals surface area contributed by atoms with E-state index in [2.05, 4.69) is 20.7 Å². The Morgan fingerprint density at radius 1 is 1.12 bits per heavy atom. The van der Waals surface area contributed by atoms with Crippen molar-refractivity contribution in [3.05, 3.63) is 63.1 Å². The number of anilines is 1. The van der Waals surface area contributed by atoms with E-state index in [1.165, 1.54) is 6.07 Å². The van der Waals surface area contributed by atoms with E-state index in [-0.39, 0.29) is 16.6 Å². The molecule has 0 aliphatic carbocycles. The van der Waals surface area contributed by atoms with Crippen molar-refractivity contribution in [3.63, 3.8) is 0 Å². The van der Waals surface area contributed by atoms with Gasteiger partial charge in [0.1, 0.15) is 5.69 Å². The van der Waals surface area contributed by atoms with Crippen LogP contribution in [0.1, 0.15) is 12.8 Å². The Bertz CT molecular complexity index is 897. The van der Waals surface area contributed by atoms with Gasteiger partial charge in [0.2, 0.25) is 10.0 Å². The van der Waals surface area contributed by atoms with E-state index in [1.54, 1.807) is 42.5 Å². The SMILES string of the molecule is O=[N+]([O-])c1cc(Br)ccc1N1CCC(NS(=O)(=O)c2ccccc2)CC1. The lowest BCUT2D eigenvalue weighted by Gasteiger charge is -2.33. The number of hydrogen-bond acceptors (Lipinski definition) is 5. The van der Waals surface area contributed by atoms with Crippen LogP contribution in [0.4, 0.5) is 11.4 Å². The second kappa shape index (κ2) is 7.73. The van der Waals surface area contributed by atoms with Crippen LogP contribution >= 0.6 is 15.9 Å². The van der Waals surface area contributed by atoms with Crippen LogP contribution in [0.5, 0.6) is 0 Å². The predicted octanol–water partition coefficient (Wildman–Crippen LogP) is 3.30. The molecule has 2 aromatic rings. The Morgan fingerprint density at radius 3 is 2.38 bits per heavy atom. The summed E-state index contributed by atoms with van der Waals surface area (Å²) in [5.74, 6) is 0. The largest absolute Gasteiger partial charge is 0.366 e. The second-order valence-corrected chi connectivity index (χ2v) is 8.72. The molecular weight excluding hydrogens is 422 g/mol. The topological polar surface area (TPSA) is 92.6 Å². The fraction of sp³-hybridized carbons (Fsp3) is 0.294. The first kappa shape index (κ1) is 18.8. The highest BCUT2D eigenvalue weighted by Gasteiger charge is 2.27. The number of halogens is 1. The monoisotopic (exact) mass is 439 g/mol. The van der Waals surface area contributed by atoms with Crippen molar-refractivity contribution in [3.8, 4) is 0 Å². The van der Waals surface area contributed by atoms with Crippen molar-refractivity contribution in [1.82, 2.24) is 4.72 Å². The van der Waals surface area contributed by atoms with Gasteiger partial charge in [0, 0.05) is 29.7 Å². The Balaban J connectivity index is 1.68. The highest BCUT2D eigenvalue weighted by molar-refractivity contribution is 9.10. The van der Waals surface area contributed by atoms with Gasteiger partial charge in [0.05, 0.1) is 9.82 Å². The zero-order valence-corrected chi connectivity index (χ0v) is 16.2. The normalized spacial score (nSPS) is 15.8. The van der Waals surface area contributed by atoms with Crippen LogP contribution in [-0.4, -0.2) is 32.5 Å². The lowest BCUT2D eigenvalue weighted by Crippen LogP contribution is -2.44. The summed E-state index contributed by atoms with van der Waals surface area (Å²) in [5.41, 5.74) is 0.602. The average Bonchev–Trinajstić information content (AvgIpc) is 2.63. The van der Waals surface area contributed by atoms with E-state index in [1.807, 2.05) is 4.90 Å². The number of nitro groups is 1. The van der Waals surface area contributed by atoms with E-state index >= 15 is 0 Å². The molecule has 1 fully saturated rings. The highest BCUT2D eigenvalue weighted by Crippen LogP contribution is 2.33. The minimum atomic E-state index is -3.55. The molecule has 1 aliphatic heterocycles. The quantitative estimate of drug-likeness (QED) is 0.569. The van der Waals surface area contributed by atoms with E-state index in [0.29, 0.717) is 36.1 Å². The summed E-state index contributed by atoms with van der Waals surface area (Å²) in [4.78, 5) is 13.1. The van der Waals surface area contributed by atoms with Crippen molar-refractivity contribution >= 4 is 37.3 Å². The molecule has 0 unspecified atom stereocenters. The number of hydrogen-bond donors (Lipinski definition) is 1. The maximum absolute atomic E-state index is 12.4. The lowest BCUT2D eigenvalue weighted by molar-refractivity contribution is -0.384. The third-order valence-corrected chi connectivity index (χ3v) is 6.37. The number of rotatable bonds is 5. The molecule has 1 heterocycles. The van der Waals surface area contributed by atoms with Crippen molar-refractivity contribution in [2.24, 2.45) is 0 Å². The fourth-order valence-corrected chi connectivity index (χ4v) is 4.71. The molecule has 1 aliphatic rings. The predicted molar refractivity (Wildman–Crippen MR) is 103 cm³/mol. The minimum absolute atomic E-state index is 0.0442. The van der Waals surface area contributed by atoms with Gasteiger partial charge in [-0.15, -0.1) is 0 Å². The van der Waals surface area contributed by atoms with Gasteiger partial charge in [-0.05, 0) is 37.1 Å². The molecule has 0 aromatic heterocycles. The molecule has 0 amide bonds. The first-order chi connectivity index (χ1) is 12.4. The molecule has 1 N–H and O–H groups in total. The summed E-state index contributed by atoms with van der Waals surface area (Å²) in [7, 11) is -3.55. The maximum atomic E-state index is 12.4. The van der Waals surface area contributed by atoms with Crippen LogP contribution in [-0.2, 0) is 10.0 Å². The Kier molecular flexibility index (Phi) is 5.59. The van der Waals surface area contributed by atoms with Crippen LogP contribution in [0.15, 0.2) is 57.9 Å². The average molecular weight is 440 g/mol. The number of nitrogens with zero attached hydrogens (tertiary/aromatic N) is 2. The first-order valence-corrected chi connectivity index (χ1v) is 10.4. The molecule has 0 spiro atoms. The van der Waals surface area contributed by atoms with Crippen LogP contribution < -0.4 is 9.62 Å². The van der Waals surface area contributed by atoms with Gasteiger partial charge >= 0.3 is 0 Å². The molecule has 2 aromatic carbocycles. The smallest absolute Gasteiger partial charge is 0.293 e. The van der Waals surface area contributed by atoms with Gasteiger partial charge in [-0.2, -0.15) is 0 Å². The van der Waals surface area contributed by atoms with E-state index < -0.39 is 14.9 Å². The summed E-state index contributed by atoms with van der Waals surface area (Å²) in [6.45, 7) is 1.09. The Morgan fingerprint density at radius 2 is 1.77 bits per heavy atom. The standard InChI is InChI=1S/C17H18BrN3O4S/c18-13-6-7-16(17(12-13)21(22)23)20-10-8-14(9-11-20)19-26(24,25)15-4-2-1-3-5-15/h1-7,12,14,19H,8-11H2. The molecule has 3 rings (SSSR count). The molecule has 0 bridgehead atoms. The molecule has 9 heteroatoms. The number of nitro benzene ring substituents is 1. The molecule has 1 saturated heterocycles. The third-order valence-electron chi connectivity index (χ3n) is 4.35. The third kappa shape index (κ3) is 4.22. The minimum Gasteiger partial charge on any atom is -0.366 e. The molecule has 138 valence electrons. The summed E-state index contributed by atoms with van der Waals surface area (Å²) in [6.07, 6.45) is 1.17. The summed E-state index contributed by atoms with van der Waals surface area (Å²) < 4.78 is 28.2.